The first-order valence-electron chi connectivity index (χ1n) is 7.21. The topological polar surface area (TPSA) is 0 Å². The maximum atomic E-state index is 2.34. The summed E-state index contributed by atoms with van der Waals surface area (Å²) in [4.78, 5) is 0. The highest BCUT2D eigenvalue weighted by atomic mass is 32.1. The molecule has 0 nitrogen and oxygen atoms in total. The van der Waals surface area contributed by atoms with Crippen LogP contribution in [0.4, 0.5) is 0 Å². The molecule has 0 spiro atoms. The molecule has 0 aliphatic rings. The molecule has 3 heteroatoms. The second-order valence-electron chi connectivity index (χ2n) is 4.96. The largest absolute Gasteiger partial charge is 0.102 e. The van der Waals surface area contributed by atoms with Gasteiger partial charge in [0, 0.05) is 0 Å². The lowest BCUT2D eigenvalue weighted by molar-refractivity contribution is 0.565. The van der Waals surface area contributed by atoms with E-state index in [1.54, 1.807) is 26.0 Å². The third-order valence-electron chi connectivity index (χ3n) is 3.34. The molecule has 0 saturated heterocycles. The van der Waals surface area contributed by atoms with Gasteiger partial charge in [0.2, 0.25) is 0 Å². The molecule has 0 radical (unpaired) electrons. The van der Waals surface area contributed by atoms with Crippen LogP contribution in [0.15, 0.2) is 0 Å². The number of hydrogen-bond donors (Lipinski definition) is 0. The molecule has 0 aliphatic heterocycles. The molecule has 1 aromatic heterocycles. The van der Waals surface area contributed by atoms with Crippen LogP contribution in [0.1, 0.15) is 75.3 Å². The molecule has 0 fully saturated rings. The smallest absolute Gasteiger partial charge is 0.00883 e. The van der Waals surface area contributed by atoms with Gasteiger partial charge in [0.15, 0.2) is 0 Å². The molecule has 1 aromatic rings. The van der Waals surface area contributed by atoms with E-state index in [0.717, 1.165) is 7.87 Å². The molecule has 0 saturated carbocycles. The lowest BCUT2D eigenvalue weighted by atomic mass is 10.1. The minimum absolute atomic E-state index is 1.11. The minimum Gasteiger partial charge on any atom is -0.102 e. The average molecular weight is 288 g/mol. The fraction of sp³-hybridized carbons (Fsp3) is 0.857. The fourth-order valence-corrected chi connectivity index (χ4v) is 9.01. The molecular weight excluding hydrogens is 261 g/mol. The van der Waals surface area contributed by atoms with Gasteiger partial charge in [0.25, 0.3) is 0 Å². The van der Waals surface area contributed by atoms with E-state index in [4.69, 9.17) is 0 Å². The lowest BCUT2D eigenvalue weighted by Gasteiger charge is -2.02. The quantitative estimate of drug-likeness (QED) is 0.397. The van der Waals surface area contributed by atoms with Gasteiger partial charge in [-0.05, 0) is 45.8 Å². The van der Waals surface area contributed by atoms with Crippen LogP contribution in [0.2, 0.25) is 0 Å². The van der Waals surface area contributed by atoms with E-state index < -0.39 is 0 Å². The highest BCUT2D eigenvalue weighted by Gasteiger charge is 1.99. The zero-order chi connectivity index (χ0) is 12.3. The van der Waals surface area contributed by atoms with Crippen molar-refractivity contribution >= 4 is 23.3 Å². The van der Waals surface area contributed by atoms with Crippen molar-refractivity contribution in [3.8, 4) is 0 Å². The van der Waals surface area contributed by atoms with E-state index in [-0.39, 0.29) is 0 Å². The molecule has 17 heavy (non-hydrogen) atoms. The Balaban J connectivity index is 1.86. The van der Waals surface area contributed by atoms with Crippen molar-refractivity contribution in [2.24, 2.45) is 0 Å². The van der Waals surface area contributed by atoms with Gasteiger partial charge < -0.3 is 0 Å². The lowest BCUT2D eigenvalue weighted by Crippen LogP contribution is -1.84. The minimum atomic E-state index is 1.11. The predicted octanol–water partition coefficient (Wildman–Crippen LogP) is 7.26. The molecule has 0 aliphatic carbocycles. The Hall–Kier alpha value is 0.640. The Labute approximate surface area is 112 Å². The van der Waals surface area contributed by atoms with Crippen molar-refractivity contribution in [1.29, 1.82) is 0 Å². The van der Waals surface area contributed by atoms with Crippen LogP contribution in [-0.4, -0.2) is 0 Å². The summed E-state index contributed by atoms with van der Waals surface area (Å²) in [6.07, 6.45) is 14.4. The Morgan fingerprint density at radius 3 is 2.00 bits per heavy atom. The van der Waals surface area contributed by atoms with Gasteiger partial charge >= 0.3 is 0 Å². The van der Waals surface area contributed by atoms with Gasteiger partial charge in [0.05, 0.1) is 0 Å². The monoisotopic (exact) mass is 288 g/mol. The Bertz CT molecular complexity index is 281. The van der Waals surface area contributed by atoms with Crippen molar-refractivity contribution in [2.45, 2.75) is 78.1 Å². The Kier molecular flexibility index (Phi) is 9.74. The maximum absolute atomic E-state index is 2.34. The van der Waals surface area contributed by atoms with Gasteiger partial charge in [-0.3, -0.25) is 0 Å². The second-order valence-corrected chi connectivity index (χ2v) is 10.5. The standard InChI is InChI=1S/C14H27P3/c1-3-4-5-6-7-8-9-10-11-12-14-13(2)15-17-16-14/h15H,3-12H2,1-2H3. The van der Waals surface area contributed by atoms with Crippen LogP contribution >= 0.6 is 23.3 Å². The zero-order valence-corrected chi connectivity index (χ0v) is 14.3. The van der Waals surface area contributed by atoms with Crippen molar-refractivity contribution < 1.29 is 0 Å². The van der Waals surface area contributed by atoms with Crippen molar-refractivity contribution in [3.63, 3.8) is 0 Å². The first-order valence-corrected chi connectivity index (χ1v) is 11.5. The Morgan fingerprint density at radius 2 is 1.47 bits per heavy atom. The number of rotatable bonds is 10. The van der Waals surface area contributed by atoms with Gasteiger partial charge in [-0.2, -0.15) is 0 Å². The normalized spacial score (nSPS) is 12.4. The maximum Gasteiger partial charge on any atom is -0.00883 e. The van der Waals surface area contributed by atoms with Crippen molar-refractivity contribution in [3.05, 3.63) is 10.6 Å². The average Bonchev–Trinajstić information content (AvgIpc) is 2.73. The van der Waals surface area contributed by atoms with Crippen LogP contribution < -0.4 is 0 Å². The van der Waals surface area contributed by atoms with Gasteiger partial charge in [-0.25, -0.2) is 0 Å². The van der Waals surface area contributed by atoms with Gasteiger partial charge in [0.1, 0.15) is 0 Å². The third kappa shape index (κ3) is 7.62. The molecule has 1 heterocycles. The summed E-state index contributed by atoms with van der Waals surface area (Å²) in [5.74, 6) is 0. The van der Waals surface area contributed by atoms with Crippen molar-refractivity contribution in [1.82, 2.24) is 0 Å². The van der Waals surface area contributed by atoms with Crippen LogP contribution in [0.5, 0.6) is 0 Å². The third-order valence-corrected chi connectivity index (χ3v) is 9.32. The summed E-state index contributed by atoms with van der Waals surface area (Å²) in [7, 11) is 4.39. The van der Waals surface area contributed by atoms with E-state index >= 15 is 0 Å². The van der Waals surface area contributed by atoms with Crippen LogP contribution in [0.25, 0.3) is 0 Å². The predicted molar refractivity (Wildman–Crippen MR) is 86.6 cm³/mol. The summed E-state index contributed by atoms with van der Waals surface area (Å²) in [5.41, 5.74) is 0. The summed E-state index contributed by atoms with van der Waals surface area (Å²) in [5, 5.41) is 3.49. The van der Waals surface area contributed by atoms with Gasteiger partial charge in [-0.15, -0.1) is 7.87 Å². The SMILES string of the molecule is CCCCCCCCCCCc1pp[pH]c1C. The van der Waals surface area contributed by atoms with E-state index in [2.05, 4.69) is 13.8 Å². The van der Waals surface area contributed by atoms with E-state index in [1.165, 1.54) is 64.2 Å². The van der Waals surface area contributed by atoms with E-state index in [1.807, 2.05) is 0 Å². The highest BCUT2D eigenvalue weighted by Crippen LogP contribution is 2.41. The highest BCUT2D eigenvalue weighted by molar-refractivity contribution is 8.17. The summed E-state index contributed by atoms with van der Waals surface area (Å²) >= 11 is 0. The number of unbranched alkanes of at least 4 members (excludes halogenated alkanes) is 8. The van der Waals surface area contributed by atoms with E-state index in [9.17, 15) is 0 Å². The van der Waals surface area contributed by atoms with E-state index in [0.29, 0.717) is 0 Å². The first-order chi connectivity index (χ1) is 8.34. The number of hydrogen-bond acceptors (Lipinski definition) is 0. The molecule has 1 atom stereocenters. The molecule has 98 valence electrons. The number of aryl methyl sites for hydroxylation is 2. The summed E-state index contributed by atoms with van der Waals surface area (Å²) in [6, 6.07) is 0. The van der Waals surface area contributed by atoms with Crippen LogP contribution in [0.3, 0.4) is 0 Å². The summed E-state index contributed by atoms with van der Waals surface area (Å²) in [6.45, 7) is 4.63. The molecule has 1 unspecified atom stereocenters. The Morgan fingerprint density at radius 1 is 0.882 bits per heavy atom. The van der Waals surface area contributed by atoms with Crippen molar-refractivity contribution in [2.75, 3.05) is 0 Å². The molecule has 0 bridgehead atoms. The second kappa shape index (κ2) is 10.6. The molecule has 0 amide bonds. The van der Waals surface area contributed by atoms with Crippen LogP contribution in [0, 0.1) is 6.92 Å². The first kappa shape index (κ1) is 15.7. The molecule has 1 rings (SSSR count). The molecule has 0 aromatic carbocycles. The fourth-order valence-electron chi connectivity index (χ4n) is 2.14. The molecule has 0 N–H and O–H groups in total. The zero-order valence-electron chi connectivity index (χ0n) is 11.5. The van der Waals surface area contributed by atoms with Gasteiger partial charge in [-0.1, -0.05) is 58.3 Å². The van der Waals surface area contributed by atoms with Crippen LogP contribution in [-0.2, 0) is 6.42 Å². The molecular formula is C14H27P3. The summed E-state index contributed by atoms with van der Waals surface area (Å²) < 4.78 is 0.